The molecule has 22 heavy (non-hydrogen) atoms. The van der Waals surface area contributed by atoms with Gasteiger partial charge < -0.3 is 9.47 Å². The lowest BCUT2D eigenvalue weighted by atomic mass is 10.2. The van der Waals surface area contributed by atoms with Gasteiger partial charge in [0, 0.05) is 22.3 Å². The van der Waals surface area contributed by atoms with Crippen LogP contribution in [0.5, 0.6) is 11.6 Å². The summed E-state index contributed by atoms with van der Waals surface area (Å²) < 4.78 is 10.3. The monoisotopic (exact) mass is 340 g/mol. The summed E-state index contributed by atoms with van der Waals surface area (Å²) in [6, 6.07) is 5.01. The minimum absolute atomic E-state index is 0.320. The number of aryl methyl sites for hydroxylation is 1. The largest absolute Gasteiger partial charge is 0.495 e. The smallest absolute Gasteiger partial charge is 0.247 e. The molecule has 6 nitrogen and oxygen atoms in total. The van der Waals surface area contributed by atoms with Crippen LogP contribution in [0.2, 0.25) is 10.0 Å². The Kier molecular flexibility index (Phi) is 5.41. The second-order valence-electron chi connectivity index (χ2n) is 4.26. The summed E-state index contributed by atoms with van der Waals surface area (Å²) in [5, 5.41) is 4.96. The van der Waals surface area contributed by atoms with Gasteiger partial charge in [0.2, 0.25) is 11.8 Å². The molecule has 0 radical (unpaired) electrons. The first-order chi connectivity index (χ1) is 10.5. The fraction of sp³-hybridized carbons (Fsp3) is 0.214. The lowest BCUT2D eigenvalue weighted by Crippen LogP contribution is -2.01. The Bertz CT molecular complexity index is 707. The van der Waals surface area contributed by atoms with Crippen LogP contribution >= 0.6 is 23.2 Å². The van der Waals surface area contributed by atoms with Crippen LogP contribution in [0.3, 0.4) is 0 Å². The molecule has 2 aromatic rings. The number of methoxy groups -OCH3 is 2. The van der Waals surface area contributed by atoms with Crippen molar-refractivity contribution in [1.29, 1.82) is 0 Å². The third-order valence-corrected chi connectivity index (χ3v) is 3.15. The van der Waals surface area contributed by atoms with Gasteiger partial charge in [-0.05, 0) is 19.1 Å². The lowest BCUT2D eigenvalue weighted by molar-refractivity contribution is 0.397. The third-order valence-electron chi connectivity index (χ3n) is 2.65. The number of anilines is 1. The van der Waals surface area contributed by atoms with Crippen molar-refractivity contribution in [3.8, 4) is 11.6 Å². The molecule has 0 amide bonds. The van der Waals surface area contributed by atoms with E-state index in [0.717, 1.165) is 5.69 Å². The fourth-order valence-electron chi connectivity index (χ4n) is 1.75. The highest BCUT2D eigenvalue weighted by atomic mass is 35.5. The fourth-order valence-corrected chi connectivity index (χ4v) is 2.33. The van der Waals surface area contributed by atoms with Crippen molar-refractivity contribution in [3.05, 3.63) is 39.5 Å². The number of aromatic nitrogens is 2. The average molecular weight is 341 g/mol. The molecule has 1 aromatic carbocycles. The maximum Gasteiger partial charge on any atom is 0.247 e. The number of ether oxygens (including phenoxy) is 2. The van der Waals surface area contributed by atoms with Crippen LogP contribution in [0.15, 0.2) is 23.3 Å². The molecule has 0 bridgehead atoms. The van der Waals surface area contributed by atoms with Crippen molar-refractivity contribution in [2.24, 2.45) is 5.10 Å². The highest BCUT2D eigenvalue weighted by Gasteiger charge is 2.08. The summed E-state index contributed by atoms with van der Waals surface area (Å²) in [7, 11) is 3.06. The Morgan fingerprint density at radius 3 is 2.59 bits per heavy atom. The molecule has 0 spiro atoms. The molecule has 0 aliphatic rings. The SMILES string of the molecule is COc1cc(C)nc(N/N=C\c2cc(Cl)cc(Cl)c2OC)n1. The van der Waals surface area contributed by atoms with E-state index in [9.17, 15) is 0 Å². The molecule has 1 aromatic heterocycles. The topological polar surface area (TPSA) is 68.6 Å². The number of rotatable bonds is 5. The number of halogens is 2. The summed E-state index contributed by atoms with van der Waals surface area (Å²) in [6.45, 7) is 1.83. The van der Waals surface area contributed by atoms with Crippen molar-refractivity contribution >= 4 is 35.4 Å². The highest BCUT2D eigenvalue weighted by Crippen LogP contribution is 2.31. The van der Waals surface area contributed by atoms with Crippen LogP contribution in [0.1, 0.15) is 11.3 Å². The van der Waals surface area contributed by atoms with Gasteiger partial charge in [0.15, 0.2) is 0 Å². The second-order valence-corrected chi connectivity index (χ2v) is 5.10. The predicted octanol–water partition coefficient (Wildman–Crippen LogP) is 3.56. The van der Waals surface area contributed by atoms with Crippen molar-refractivity contribution in [2.75, 3.05) is 19.6 Å². The van der Waals surface area contributed by atoms with Crippen LogP contribution in [-0.4, -0.2) is 30.4 Å². The molecule has 8 heteroatoms. The van der Waals surface area contributed by atoms with Crippen molar-refractivity contribution in [1.82, 2.24) is 9.97 Å². The van der Waals surface area contributed by atoms with Gasteiger partial charge in [0.25, 0.3) is 0 Å². The zero-order chi connectivity index (χ0) is 16.1. The van der Waals surface area contributed by atoms with Gasteiger partial charge in [-0.3, -0.25) is 0 Å². The van der Waals surface area contributed by atoms with Gasteiger partial charge >= 0.3 is 0 Å². The molecule has 0 aliphatic heterocycles. The molecule has 0 saturated heterocycles. The Balaban J connectivity index is 2.21. The van der Waals surface area contributed by atoms with Gasteiger partial charge in [0.05, 0.1) is 25.5 Å². The second kappa shape index (κ2) is 7.29. The molecule has 2 rings (SSSR count). The Morgan fingerprint density at radius 2 is 1.91 bits per heavy atom. The van der Waals surface area contributed by atoms with Crippen LogP contribution in [0.4, 0.5) is 5.95 Å². The maximum absolute atomic E-state index is 6.06. The molecule has 1 N–H and O–H groups in total. The number of benzene rings is 1. The van der Waals surface area contributed by atoms with Gasteiger partial charge in [-0.25, -0.2) is 10.4 Å². The number of nitrogens with zero attached hydrogens (tertiary/aromatic N) is 3. The molecule has 0 atom stereocenters. The van der Waals surface area contributed by atoms with E-state index in [1.54, 1.807) is 18.2 Å². The molecule has 1 heterocycles. The van der Waals surface area contributed by atoms with E-state index >= 15 is 0 Å². The quantitative estimate of drug-likeness (QED) is 0.665. The molecular formula is C14H14Cl2N4O2. The summed E-state index contributed by atoms with van der Waals surface area (Å²) in [5.41, 5.74) is 4.11. The normalized spacial score (nSPS) is 10.8. The molecular weight excluding hydrogens is 327 g/mol. The van der Waals surface area contributed by atoms with Gasteiger partial charge in [-0.15, -0.1) is 0 Å². The predicted molar refractivity (Wildman–Crippen MR) is 87.6 cm³/mol. The molecule has 0 fully saturated rings. The number of hydrazone groups is 1. The number of nitrogens with one attached hydrogen (secondary N) is 1. The Labute approximate surface area is 138 Å². The minimum atomic E-state index is 0.320. The van der Waals surface area contributed by atoms with Crippen molar-refractivity contribution in [3.63, 3.8) is 0 Å². The molecule has 0 aliphatic carbocycles. The van der Waals surface area contributed by atoms with Crippen LogP contribution in [-0.2, 0) is 0 Å². The van der Waals surface area contributed by atoms with Gasteiger partial charge in [-0.1, -0.05) is 23.2 Å². The highest BCUT2D eigenvalue weighted by molar-refractivity contribution is 6.36. The van der Waals surface area contributed by atoms with Crippen molar-refractivity contribution in [2.45, 2.75) is 6.92 Å². The van der Waals surface area contributed by atoms with E-state index in [1.807, 2.05) is 6.92 Å². The van der Waals surface area contributed by atoms with Crippen LogP contribution in [0.25, 0.3) is 0 Å². The first-order valence-electron chi connectivity index (χ1n) is 6.25. The number of hydrogen-bond acceptors (Lipinski definition) is 6. The minimum Gasteiger partial charge on any atom is -0.495 e. The van der Waals surface area contributed by atoms with E-state index in [2.05, 4.69) is 20.5 Å². The van der Waals surface area contributed by atoms with E-state index in [0.29, 0.717) is 33.2 Å². The third kappa shape index (κ3) is 3.99. The summed E-state index contributed by atoms with van der Waals surface area (Å²) >= 11 is 12.0. The van der Waals surface area contributed by atoms with E-state index < -0.39 is 0 Å². The average Bonchev–Trinajstić information content (AvgIpc) is 2.46. The van der Waals surface area contributed by atoms with E-state index in [-0.39, 0.29) is 0 Å². The summed E-state index contributed by atoms with van der Waals surface area (Å²) in [6.07, 6.45) is 1.52. The van der Waals surface area contributed by atoms with E-state index in [1.165, 1.54) is 20.4 Å². The maximum atomic E-state index is 6.06. The molecule has 0 saturated carbocycles. The van der Waals surface area contributed by atoms with Crippen LogP contribution in [0, 0.1) is 6.92 Å². The summed E-state index contributed by atoms with van der Waals surface area (Å²) in [4.78, 5) is 8.31. The standard InChI is InChI=1S/C14H14Cl2N4O2/c1-8-4-12(21-2)19-14(18-8)20-17-7-9-5-10(15)6-11(16)13(9)22-3/h4-7H,1-3H3,(H,18,19,20)/b17-7-. The lowest BCUT2D eigenvalue weighted by Gasteiger charge is -2.07. The number of hydrogen-bond donors (Lipinski definition) is 1. The molecule has 116 valence electrons. The Morgan fingerprint density at radius 1 is 1.14 bits per heavy atom. The Hall–Kier alpha value is -2.05. The van der Waals surface area contributed by atoms with Crippen molar-refractivity contribution < 1.29 is 9.47 Å². The van der Waals surface area contributed by atoms with Gasteiger partial charge in [0.1, 0.15) is 5.75 Å². The zero-order valence-corrected chi connectivity index (χ0v) is 13.7. The summed E-state index contributed by atoms with van der Waals surface area (Å²) in [5.74, 6) is 1.26. The zero-order valence-electron chi connectivity index (χ0n) is 12.2. The van der Waals surface area contributed by atoms with Crippen LogP contribution < -0.4 is 14.9 Å². The van der Waals surface area contributed by atoms with Gasteiger partial charge in [-0.2, -0.15) is 10.1 Å². The first kappa shape index (κ1) is 16.3. The van der Waals surface area contributed by atoms with E-state index in [4.69, 9.17) is 32.7 Å². The molecule has 0 unspecified atom stereocenters. The first-order valence-corrected chi connectivity index (χ1v) is 7.01.